The summed E-state index contributed by atoms with van der Waals surface area (Å²) < 4.78 is 5.51. The molecule has 4 nitrogen and oxygen atoms in total. The van der Waals surface area contributed by atoms with E-state index >= 15 is 0 Å². The topological polar surface area (TPSA) is 64.4 Å². The van der Waals surface area contributed by atoms with Crippen LogP contribution in [0.2, 0.25) is 0 Å². The molecule has 4 heteroatoms. The van der Waals surface area contributed by atoms with E-state index in [4.69, 9.17) is 10.5 Å². The van der Waals surface area contributed by atoms with Gasteiger partial charge in [0.15, 0.2) is 0 Å². The number of rotatable bonds is 3. The van der Waals surface area contributed by atoms with E-state index in [9.17, 15) is 4.79 Å². The van der Waals surface area contributed by atoms with Gasteiger partial charge in [-0.3, -0.25) is 4.79 Å². The van der Waals surface area contributed by atoms with E-state index in [1.807, 2.05) is 0 Å². The van der Waals surface area contributed by atoms with E-state index in [0.717, 1.165) is 38.8 Å². The molecule has 3 N–H and O–H groups in total. The van der Waals surface area contributed by atoms with Crippen LogP contribution >= 0.6 is 0 Å². The third-order valence-corrected chi connectivity index (χ3v) is 4.62. The molecule has 0 aromatic carbocycles. The molecule has 1 saturated heterocycles. The Bertz CT molecular complexity index is 296. The summed E-state index contributed by atoms with van der Waals surface area (Å²) in [5.74, 6) is 1.26. The molecule has 2 aliphatic rings. The number of hydrogen-bond donors (Lipinski definition) is 2. The Hall–Kier alpha value is -0.610. The average molecular weight is 254 g/mol. The van der Waals surface area contributed by atoms with Crippen LogP contribution in [0.25, 0.3) is 0 Å². The van der Waals surface area contributed by atoms with Crippen molar-refractivity contribution in [1.29, 1.82) is 0 Å². The molecule has 2 fully saturated rings. The predicted octanol–water partition coefficient (Wildman–Crippen LogP) is 1.29. The molecule has 1 aliphatic heterocycles. The highest BCUT2D eigenvalue weighted by Gasteiger charge is 2.32. The quantitative estimate of drug-likeness (QED) is 0.797. The van der Waals surface area contributed by atoms with E-state index in [-0.39, 0.29) is 24.0 Å². The van der Waals surface area contributed by atoms with E-state index in [2.05, 4.69) is 19.2 Å². The van der Waals surface area contributed by atoms with Gasteiger partial charge in [0.05, 0.1) is 6.10 Å². The Balaban J connectivity index is 1.77. The summed E-state index contributed by atoms with van der Waals surface area (Å²) in [5.41, 5.74) is 5.93. The lowest BCUT2D eigenvalue weighted by molar-refractivity contribution is -0.127. The highest BCUT2D eigenvalue weighted by Crippen LogP contribution is 2.29. The van der Waals surface area contributed by atoms with Crippen molar-refractivity contribution >= 4 is 5.91 Å². The van der Waals surface area contributed by atoms with Gasteiger partial charge in [-0.1, -0.05) is 6.92 Å². The fourth-order valence-corrected chi connectivity index (χ4v) is 3.23. The summed E-state index contributed by atoms with van der Waals surface area (Å²) in [6.45, 7) is 5.82. The number of carbonyl (C=O) groups is 1. The minimum absolute atomic E-state index is 0.155. The largest absolute Gasteiger partial charge is 0.378 e. The first-order chi connectivity index (χ1) is 8.58. The number of hydrogen-bond acceptors (Lipinski definition) is 3. The van der Waals surface area contributed by atoms with Crippen molar-refractivity contribution in [2.75, 3.05) is 13.2 Å². The van der Waals surface area contributed by atoms with E-state index < -0.39 is 0 Å². The summed E-state index contributed by atoms with van der Waals surface area (Å²) >= 11 is 0. The highest BCUT2D eigenvalue weighted by molar-refractivity contribution is 5.79. The Morgan fingerprint density at radius 1 is 1.33 bits per heavy atom. The van der Waals surface area contributed by atoms with E-state index in [1.54, 1.807) is 0 Å². The molecule has 2 rings (SSSR count). The second-order valence-electron chi connectivity index (χ2n) is 6.03. The summed E-state index contributed by atoms with van der Waals surface area (Å²) in [6, 6.07) is 0.285. The molecule has 0 bridgehead atoms. The number of amides is 1. The molecular weight excluding hydrogens is 228 g/mol. The minimum Gasteiger partial charge on any atom is -0.378 e. The molecule has 18 heavy (non-hydrogen) atoms. The highest BCUT2D eigenvalue weighted by atomic mass is 16.5. The van der Waals surface area contributed by atoms with Crippen LogP contribution in [-0.4, -0.2) is 31.2 Å². The molecular formula is C14H26N2O2. The molecule has 1 heterocycles. The van der Waals surface area contributed by atoms with Gasteiger partial charge in [0.1, 0.15) is 0 Å². The second kappa shape index (κ2) is 6.02. The van der Waals surface area contributed by atoms with Crippen molar-refractivity contribution in [1.82, 2.24) is 5.32 Å². The van der Waals surface area contributed by atoms with Gasteiger partial charge in [-0.25, -0.2) is 0 Å². The van der Waals surface area contributed by atoms with Crippen molar-refractivity contribution in [3.63, 3.8) is 0 Å². The number of nitrogens with one attached hydrogen (secondary N) is 1. The van der Waals surface area contributed by atoms with E-state index in [1.165, 1.54) is 0 Å². The summed E-state index contributed by atoms with van der Waals surface area (Å²) in [7, 11) is 0. The van der Waals surface area contributed by atoms with Crippen LogP contribution in [0.1, 0.15) is 39.5 Å². The molecule has 1 saturated carbocycles. The molecule has 5 atom stereocenters. The van der Waals surface area contributed by atoms with Crippen LogP contribution in [0, 0.1) is 17.8 Å². The van der Waals surface area contributed by atoms with Gasteiger partial charge in [0.25, 0.3) is 0 Å². The number of ether oxygens (including phenoxy) is 1. The third-order valence-electron chi connectivity index (χ3n) is 4.62. The summed E-state index contributed by atoms with van der Waals surface area (Å²) in [6.07, 6.45) is 4.23. The minimum atomic E-state index is 0.155. The fraction of sp³-hybridized carbons (Fsp3) is 0.929. The summed E-state index contributed by atoms with van der Waals surface area (Å²) in [4.78, 5) is 12.2. The molecule has 0 spiro atoms. The standard InChI is InChI=1S/C14H26N2O2/c1-9-7-12(15)3-4-13(9)14(17)16-8-11-5-6-18-10(11)2/h9-13H,3-8,15H2,1-2H3,(H,16,17). The Morgan fingerprint density at radius 3 is 2.72 bits per heavy atom. The first-order valence-electron chi connectivity index (χ1n) is 7.22. The van der Waals surface area contributed by atoms with Crippen LogP contribution in [-0.2, 0) is 9.53 Å². The SMILES string of the molecule is CC1CC(N)CCC1C(=O)NCC1CCOC1C. The maximum absolute atomic E-state index is 12.2. The van der Waals surface area contributed by atoms with Gasteiger partial charge in [-0.2, -0.15) is 0 Å². The molecule has 1 aliphatic carbocycles. The van der Waals surface area contributed by atoms with Gasteiger partial charge >= 0.3 is 0 Å². The van der Waals surface area contributed by atoms with Crippen LogP contribution in [0.15, 0.2) is 0 Å². The summed E-state index contributed by atoms with van der Waals surface area (Å²) in [5, 5.41) is 3.11. The maximum Gasteiger partial charge on any atom is 0.223 e. The van der Waals surface area contributed by atoms with Crippen molar-refractivity contribution < 1.29 is 9.53 Å². The number of nitrogens with two attached hydrogens (primary N) is 1. The predicted molar refractivity (Wildman–Crippen MR) is 71.0 cm³/mol. The van der Waals surface area contributed by atoms with Gasteiger partial charge in [-0.15, -0.1) is 0 Å². The lowest BCUT2D eigenvalue weighted by Gasteiger charge is -2.31. The second-order valence-corrected chi connectivity index (χ2v) is 6.03. The van der Waals surface area contributed by atoms with Crippen molar-refractivity contribution in [2.24, 2.45) is 23.5 Å². The average Bonchev–Trinajstić information content (AvgIpc) is 2.72. The Kier molecular flexibility index (Phi) is 4.62. The van der Waals surface area contributed by atoms with E-state index in [0.29, 0.717) is 11.8 Å². The van der Waals surface area contributed by atoms with Gasteiger partial charge in [0, 0.05) is 31.0 Å². The van der Waals surface area contributed by atoms with Gasteiger partial charge in [-0.05, 0) is 38.5 Å². The molecule has 5 unspecified atom stereocenters. The van der Waals surface area contributed by atoms with Crippen LogP contribution < -0.4 is 11.1 Å². The zero-order valence-electron chi connectivity index (χ0n) is 11.5. The van der Waals surface area contributed by atoms with Crippen LogP contribution in [0.3, 0.4) is 0 Å². The van der Waals surface area contributed by atoms with Gasteiger partial charge in [0.2, 0.25) is 5.91 Å². The Labute approximate surface area is 110 Å². The smallest absolute Gasteiger partial charge is 0.223 e. The van der Waals surface area contributed by atoms with Crippen LogP contribution in [0.5, 0.6) is 0 Å². The monoisotopic (exact) mass is 254 g/mol. The first kappa shape index (κ1) is 13.8. The van der Waals surface area contributed by atoms with Crippen LogP contribution in [0.4, 0.5) is 0 Å². The molecule has 104 valence electrons. The Morgan fingerprint density at radius 2 is 2.11 bits per heavy atom. The zero-order valence-corrected chi connectivity index (χ0v) is 11.5. The molecule has 1 amide bonds. The van der Waals surface area contributed by atoms with Crippen molar-refractivity contribution in [2.45, 2.75) is 51.7 Å². The van der Waals surface area contributed by atoms with Gasteiger partial charge < -0.3 is 15.8 Å². The van der Waals surface area contributed by atoms with Crippen molar-refractivity contribution in [3.8, 4) is 0 Å². The molecule has 0 radical (unpaired) electrons. The molecule has 0 aromatic heterocycles. The molecule has 0 aromatic rings. The van der Waals surface area contributed by atoms with Crippen molar-refractivity contribution in [3.05, 3.63) is 0 Å². The zero-order chi connectivity index (χ0) is 13.1. The fourth-order valence-electron chi connectivity index (χ4n) is 3.23. The lowest BCUT2D eigenvalue weighted by Crippen LogP contribution is -2.42. The normalized spacial score (nSPS) is 40.7. The third kappa shape index (κ3) is 3.23. The number of carbonyl (C=O) groups excluding carboxylic acids is 1. The first-order valence-corrected chi connectivity index (χ1v) is 7.22. The lowest BCUT2D eigenvalue weighted by atomic mass is 9.77. The maximum atomic E-state index is 12.2.